The zero-order chi connectivity index (χ0) is 23.4. The predicted molar refractivity (Wildman–Crippen MR) is 122 cm³/mol. The zero-order valence-electron chi connectivity index (χ0n) is 19.0. The van der Waals surface area contributed by atoms with Gasteiger partial charge in [-0.1, -0.05) is 12.1 Å². The number of rotatable bonds is 7. The number of ketones is 1. The number of benzene rings is 2. The van der Waals surface area contributed by atoms with Crippen LogP contribution in [0.25, 0.3) is 0 Å². The van der Waals surface area contributed by atoms with Crippen LogP contribution in [0.4, 0.5) is 0 Å². The quantitative estimate of drug-likeness (QED) is 0.693. The lowest BCUT2D eigenvalue weighted by Gasteiger charge is -2.34. The molecular formula is C25H28N4O4. The van der Waals surface area contributed by atoms with Crippen molar-refractivity contribution in [3.05, 3.63) is 58.7 Å². The minimum Gasteiger partial charge on any atom is -0.493 e. The molecule has 0 bridgehead atoms. The van der Waals surface area contributed by atoms with Gasteiger partial charge in [-0.15, -0.1) is 0 Å². The number of fused-ring (bicyclic) bond motifs is 1. The lowest BCUT2D eigenvalue weighted by Crippen LogP contribution is -2.49. The van der Waals surface area contributed by atoms with Crippen molar-refractivity contribution in [1.29, 1.82) is 5.26 Å². The lowest BCUT2D eigenvalue weighted by atomic mass is 10.1. The summed E-state index contributed by atoms with van der Waals surface area (Å²) in [5.74, 6) is 0.950. The second-order valence-corrected chi connectivity index (χ2v) is 8.41. The summed E-state index contributed by atoms with van der Waals surface area (Å²) in [4.78, 5) is 29.7. The number of methoxy groups -OCH3 is 2. The van der Waals surface area contributed by atoms with Crippen LogP contribution < -0.4 is 14.8 Å². The Balaban J connectivity index is 1.30. The second-order valence-electron chi connectivity index (χ2n) is 8.41. The summed E-state index contributed by atoms with van der Waals surface area (Å²) in [6.07, 6.45) is 0.243. The summed E-state index contributed by atoms with van der Waals surface area (Å²) in [5, 5.41) is 12.1. The summed E-state index contributed by atoms with van der Waals surface area (Å²) in [7, 11) is 3.08. The number of nitrogens with zero attached hydrogens (tertiary/aromatic N) is 3. The standard InChI is InChI=1S/C25H28N4O4/c1-32-23-11-19-20(12-24(23)33-2)22(30)13-21(19)27-25(31)16-29-8-6-28(7-9-29)15-18-5-3-4-17(10-18)14-26/h3-5,10-12,21H,6-9,13,15-16H2,1-2H3,(H,27,31). The van der Waals surface area contributed by atoms with Crippen molar-refractivity contribution in [1.82, 2.24) is 15.1 Å². The maximum Gasteiger partial charge on any atom is 0.234 e. The number of hydrogen-bond donors (Lipinski definition) is 1. The maximum absolute atomic E-state index is 12.7. The van der Waals surface area contributed by atoms with Gasteiger partial charge in [0, 0.05) is 44.7 Å². The van der Waals surface area contributed by atoms with Crippen molar-refractivity contribution in [3.63, 3.8) is 0 Å². The molecule has 0 spiro atoms. The zero-order valence-corrected chi connectivity index (χ0v) is 19.0. The molecule has 1 fully saturated rings. The Hall–Kier alpha value is -3.41. The van der Waals surface area contributed by atoms with E-state index < -0.39 is 0 Å². The van der Waals surface area contributed by atoms with Gasteiger partial charge in [-0.25, -0.2) is 0 Å². The fourth-order valence-electron chi connectivity index (χ4n) is 4.50. The van der Waals surface area contributed by atoms with Crippen LogP contribution in [-0.4, -0.2) is 68.4 Å². The molecule has 1 atom stereocenters. The number of carbonyl (C=O) groups is 2. The Morgan fingerprint density at radius 1 is 1.09 bits per heavy atom. The lowest BCUT2D eigenvalue weighted by molar-refractivity contribution is -0.123. The van der Waals surface area contributed by atoms with Gasteiger partial charge >= 0.3 is 0 Å². The molecule has 1 heterocycles. The van der Waals surface area contributed by atoms with E-state index in [1.165, 1.54) is 7.11 Å². The number of hydrogen-bond acceptors (Lipinski definition) is 7. The van der Waals surface area contributed by atoms with E-state index in [-0.39, 0.29) is 24.2 Å². The van der Waals surface area contributed by atoms with Crippen molar-refractivity contribution in [3.8, 4) is 17.6 Å². The van der Waals surface area contributed by atoms with E-state index in [4.69, 9.17) is 14.7 Å². The van der Waals surface area contributed by atoms with Crippen molar-refractivity contribution in [2.24, 2.45) is 0 Å². The molecule has 2 aromatic rings. The number of nitriles is 1. The summed E-state index contributed by atoms with van der Waals surface area (Å²) >= 11 is 0. The molecule has 1 N–H and O–H groups in total. The van der Waals surface area contributed by atoms with E-state index in [9.17, 15) is 9.59 Å². The van der Waals surface area contributed by atoms with Crippen molar-refractivity contribution in [2.75, 3.05) is 46.9 Å². The van der Waals surface area contributed by atoms with Crippen LogP contribution in [0.2, 0.25) is 0 Å². The maximum atomic E-state index is 12.7. The molecule has 172 valence electrons. The first-order valence-electron chi connectivity index (χ1n) is 11.0. The molecule has 1 unspecified atom stereocenters. The Morgan fingerprint density at radius 3 is 2.48 bits per heavy atom. The number of nitrogens with one attached hydrogen (secondary N) is 1. The number of piperazine rings is 1. The largest absolute Gasteiger partial charge is 0.493 e. The molecule has 1 aliphatic carbocycles. The van der Waals surface area contributed by atoms with Gasteiger partial charge in [0.05, 0.1) is 38.4 Å². The fourth-order valence-corrected chi connectivity index (χ4v) is 4.50. The average Bonchev–Trinajstić information content (AvgIpc) is 3.13. The van der Waals surface area contributed by atoms with E-state index in [2.05, 4.69) is 21.2 Å². The van der Waals surface area contributed by atoms with E-state index in [1.54, 1.807) is 19.2 Å². The van der Waals surface area contributed by atoms with Crippen molar-refractivity contribution >= 4 is 11.7 Å². The number of ether oxygens (including phenoxy) is 2. The summed E-state index contributed by atoms with van der Waals surface area (Å²) < 4.78 is 10.7. The van der Waals surface area contributed by atoms with Gasteiger partial charge in [0.2, 0.25) is 5.91 Å². The van der Waals surface area contributed by atoms with Gasteiger partial charge < -0.3 is 14.8 Å². The fraction of sp³-hybridized carbons (Fsp3) is 0.400. The molecule has 2 aromatic carbocycles. The first-order valence-corrected chi connectivity index (χ1v) is 11.0. The van der Waals surface area contributed by atoms with E-state index in [0.29, 0.717) is 29.2 Å². The highest BCUT2D eigenvalue weighted by molar-refractivity contribution is 6.02. The molecular weight excluding hydrogens is 420 g/mol. The van der Waals surface area contributed by atoms with Crippen LogP contribution in [0.15, 0.2) is 36.4 Å². The number of amides is 1. The van der Waals surface area contributed by atoms with Crippen LogP contribution in [0.1, 0.15) is 39.5 Å². The van der Waals surface area contributed by atoms with Crippen molar-refractivity contribution < 1.29 is 19.1 Å². The van der Waals surface area contributed by atoms with E-state index >= 15 is 0 Å². The van der Waals surface area contributed by atoms with Crippen LogP contribution in [0.3, 0.4) is 0 Å². The topological polar surface area (TPSA) is 94.9 Å². The third-order valence-electron chi connectivity index (χ3n) is 6.25. The van der Waals surface area contributed by atoms with Gasteiger partial charge in [-0.05, 0) is 35.4 Å². The summed E-state index contributed by atoms with van der Waals surface area (Å²) in [6, 6.07) is 13.0. The van der Waals surface area contributed by atoms with E-state index in [0.717, 1.165) is 43.9 Å². The molecule has 0 radical (unpaired) electrons. The minimum atomic E-state index is -0.353. The molecule has 2 aliphatic rings. The molecule has 0 saturated carbocycles. The molecule has 1 saturated heterocycles. The highest BCUT2D eigenvalue weighted by atomic mass is 16.5. The molecule has 4 rings (SSSR count). The third kappa shape index (κ3) is 5.16. The molecule has 0 aromatic heterocycles. The highest BCUT2D eigenvalue weighted by Crippen LogP contribution is 2.39. The number of Topliss-reactive ketones (excluding diaryl/α,β-unsaturated/α-hetero) is 1. The Morgan fingerprint density at radius 2 is 1.79 bits per heavy atom. The van der Waals surface area contributed by atoms with Gasteiger partial charge in [0.15, 0.2) is 17.3 Å². The molecule has 8 nitrogen and oxygen atoms in total. The molecule has 8 heteroatoms. The van der Waals surface area contributed by atoms with Crippen molar-refractivity contribution in [2.45, 2.75) is 19.0 Å². The summed E-state index contributed by atoms with van der Waals surface area (Å²) in [5.41, 5.74) is 3.14. The van der Waals surface area contributed by atoms with Crippen LogP contribution in [0, 0.1) is 11.3 Å². The molecule has 33 heavy (non-hydrogen) atoms. The van der Waals surface area contributed by atoms with E-state index in [1.807, 2.05) is 24.3 Å². The SMILES string of the molecule is COc1cc2c(cc1OC)C(NC(=O)CN1CCN(Cc3cccc(C#N)c3)CC1)CC2=O. The predicted octanol–water partition coefficient (Wildman–Crippen LogP) is 2.14. The molecule has 1 aliphatic heterocycles. The average molecular weight is 449 g/mol. The first-order chi connectivity index (χ1) is 16.0. The van der Waals surface area contributed by atoms with Crippen LogP contribution in [0.5, 0.6) is 11.5 Å². The third-order valence-corrected chi connectivity index (χ3v) is 6.25. The smallest absolute Gasteiger partial charge is 0.234 e. The first kappa shape index (κ1) is 22.8. The highest BCUT2D eigenvalue weighted by Gasteiger charge is 2.32. The number of carbonyl (C=O) groups excluding carboxylic acids is 2. The summed E-state index contributed by atoms with van der Waals surface area (Å²) in [6.45, 7) is 4.37. The second kappa shape index (κ2) is 10.0. The minimum absolute atomic E-state index is 0.00895. The monoisotopic (exact) mass is 448 g/mol. The van der Waals surface area contributed by atoms with Gasteiger partial charge in [0.1, 0.15) is 0 Å². The Bertz CT molecular complexity index is 1090. The normalized spacial score (nSPS) is 18.5. The van der Waals surface area contributed by atoms with Gasteiger partial charge in [-0.3, -0.25) is 19.4 Å². The van der Waals surface area contributed by atoms with Gasteiger partial charge in [0.25, 0.3) is 0 Å². The Labute approximate surface area is 193 Å². The van der Waals surface area contributed by atoms with Crippen LogP contribution in [-0.2, 0) is 11.3 Å². The van der Waals surface area contributed by atoms with Crippen LogP contribution >= 0.6 is 0 Å². The molecule has 1 amide bonds. The Kier molecular flexibility index (Phi) is 6.92. The van der Waals surface area contributed by atoms with Gasteiger partial charge in [-0.2, -0.15) is 5.26 Å².